The Labute approximate surface area is 107 Å². The van der Waals surface area contributed by atoms with Crippen LogP contribution in [-0.2, 0) is 9.53 Å². The highest BCUT2D eigenvalue weighted by Gasteiger charge is 2.53. The van der Waals surface area contributed by atoms with Crippen LogP contribution >= 0.6 is 0 Å². The number of rotatable bonds is 2. The quantitative estimate of drug-likeness (QED) is 0.763. The second-order valence-corrected chi connectivity index (χ2v) is 5.87. The van der Waals surface area contributed by atoms with Crippen molar-refractivity contribution in [3.63, 3.8) is 0 Å². The van der Waals surface area contributed by atoms with Crippen molar-refractivity contribution in [2.45, 2.75) is 44.9 Å². The first-order valence-corrected chi connectivity index (χ1v) is 6.33. The van der Waals surface area contributed by atoms with Crippen LogP contribution in [0.3, 0.4) is 0 Å². The molecule has 3 aliphatic rings. The van der Waals surface area contributed by atoms with Gasteiger partial charge in [-0.1, -0.05) is 0 Å². The Morgan fingerprint density at radius 3 is 2.67 bits per heavy atom. The van der Waals surface area contributed by atoms with Gasteiger partial charge in [0.25, 0.3) is 0 Å². The molecule has 2 N–H and O–H groups in total. The van der Waals surface area contributed by atoms with Gasteiger partial charge in [0.1, 0.15) is 11.6 Å². The van der Waals surface area contributed by atoms with Gasteiger partial charge >= 0.3 is 6.09 Å². The summed E-state index contributed by atoms with van der Waals surface area (Å²) in [6, 6.07) is -0.251. The van der Waals surface area contributed by atoms with Crippen LogP contribution in [0.15, 0.2) is 0 Å². The van der Waals surface area contributed by atoms with Crippen molar-refractivity contribution in [3.8, 4) is 0 Å². The summed E-state index contributed by atoms with van der Waals surface area (Å²) >= 11 is 0. The summed E-state index contributed by atoms with van der Waals surface area (Å²) in [5.41, 5.74) is 4.93. The SMILES string of the molecule is CC(C)(C)OC(=O)N1C2CC1C(=O)N(CCN)C2. The van der Waals surface area contributed by atoms with Crippen molar-refractivity contribution in [1.29, 1.82) is 0 Å². The molecule has 2 atom stereocenters. The fourth-order valence-electron chi connectivity index (χ4n) is 2.49. The Kier molecular flexibility index (Phi) is 3.23. The first-order valence-electron chi connectivity index (χ1n) is 6.33. The molecule has 3 heterocycles. The minimum atomic E-state index is -0.527. The summed E-state index contributed by atoms with van der Waals surface area (Å²) in [7, 11) is 0. The predicted molar refractivity (Wildman–Crippen MR) is 65.9 cm³/mol. The molecule has 18 heavy (non-hydrogen) atoms. The van der Waals surface area contributed by atoms with Gasteiger partial charge < -0.3 is 15.4 Å². The number of ether oxygens (including phenoxy) is 1. The van der Waals surface area contributed by atoms with Crippen LogP contribution < -0.4 is 5.73 Å². The number of nitrogens with two attached hydrogens (primary N) is 1. The first kappa shape index (κ1) is 13.1. The van der Waals surface area contributed by atoms with E-state index in [2.05, 4.69) is 0 Å². The van der Waals surface area contributed by atoms with E-state index in [-0.39, 0.29) is 24.1 Å². The zero-order chi connectivity index (χ0) is 13.5. The van der Waals surface area contributed by atoms with Gasteiger partial charge in [-0.25, -0.2) is 4.79 Å². The molecule has 0 radical (unpaired) electrons. The molecule has 0 aromatic rings. The maximum atomic E-state index is 12.1. The summed E-state index contributed by atoms with van der Waals surface area (Å²) in [6.07, 6.45) is 0.364. The van der Waals surface area contributed by atoms with Gasteiger partial charge in [0.05, 0.1) is 6.04 Å². The Balaban J connectivity index is 1.99. The molecule has 3 rings (SSSR count). The van der Waals surface area contributed by atoms with E-state index in [0.29, 0.717) is 19.6 Å². The average molecular weight is 255 g/mol. The summed E-state index contributed by atoms with van der Waals surface area (Å²) in [4.78, 5) is 27.3. The minimum absolute atomic E-state index is 0.00573. The molecule has 6 nitrogen and oxygen atoms in total. The second-order valence-electron chi connectivity index (χ2n) is 5.87. The molecule has 0 aromatic heterocycles. The lowest BCUT2D eigenvalue weighted by molar-refractivity contribution is -0.157. The van der Waals surface area contributed by atoms with Crippen LogP contribution in [0.4, 0.5) is 4.79 Å². The summed E-state index contributed by atoms with van der Waals surface area (Å²) in [5.74, 6) is -0.00573. The molecule has 0 aliphatic carbocycles. The van der Waals surface area contributed by atoms with E-state index in [9.17, 15) is 9.59 Å². The number of piperazine rings is 1. The molecular weight excluding hydrogens is 234 g/mol. The van der Waals surface area contributed by atoms with Gasteiger partial charge in [-0.15, -0.1) is 0 Å². The number of fused-ring (bicyclic) bond motifs is 2. The van der Waals surface area contributed by atoms with Crippen molar-refractivity contribution in [2.75, 3.05) is 19.6 Å². The lowest BCUT2D eigenvalue weighted by Gasteiger charge is -2.54. The molecule has 6 heteroatoms. The smallest absolute Gasteiger partial charge is 0.411 e. The average Bonchev–Trinajstić information content (AvgIpc) is 2.16. The summed E-state index contributed by atoms with van der Waals surface area (Å²) in [5, 5.41) is 0. The zero-order valence-corrected chi connectivity index (χ0v) is 11.2. The zero-order valence-electron chi connectivity index (χ0n) is 11.2. The third kappa shape index (κ3) is 2.29. The van der Waals surface area contributed by atoms with Crippen molar-refractivity contribution < 1.29 is 14.3 Å². The maximum Gasteiger partial charge on any atom is 0.411 e. The molecule has 0 spiro atoms. The van der Waals surface area contributed by atoms with Crippen LogP contribution in [0.2, 0.25) is 0 Å². The third-order valence-electron chi connectivity index (χ3n) is 3.26. The number of hydrogen-bond donors (Lipinski definition) is 1. The highest BCUT2D eigenvalue weighted by atomic mass is 16.6. The van der Waals surface area contributed by atoms with E-state index in [1.807, 2.05) is 20.8 Å². The number of nitrogens with zero attached hydrogens (tertiary/aromatic N) is 2. The van der Waals surface area contributed by atoms with E-state index in [4.69, 9.17) is 10.5 Å². The van der Waals surface area contributed by atoms with Crippen LogP contribution in [0.25, 0.3) is 0 Å². The molecular formula is C12H21N3O3. The largest absolute Gasteiger partial charge is 0.444 e. The Bertz CT molecular complexity index is 364. The molecule has 0 saturated carbocycles. The van der Waals surface area contributed by atoms with Gasteiger partial charge in [-0.05, 0) is 27.2 Å². The van der Waals surface area contributed by atoms with Crippen molar-refractivity contribution >= 4 is 12.0 Å². The normalized spacial score (nSPS) is 27.0. The van der Waals surface area contributed by atoms with Crippen molar-refractivity contribution in [3.05, 3.63) is 0 Å². The predicted octanol–water partition coefficient (Wildman–Crippen LogP) is 0.165. The molecule has 0 aromatic carbocycles. The Morgan fingerprint density at radius 2 is 2.17 bits per heavy atom. The van der Waals surface area contributed by atoms with E-state index in [1.54, 1.807) is 9.80 Å². The highest BCUT2D eigenvalue weighted by Crippen LogP contribution is 2.34. The second kappa shape index (κ2) is 4.42. The first-order chi connectivity index (χ1) is 8.33. The van der Waals surface area contributed by atoms with Crippen LogP contribution in [0.5, 0.6) is 0 Å². The molecule has 102 valence electrons. The lowest BCUT2D eigenvalue weighted by Crippen LogP contribution is -2.73. The van der Waals surface area contributed by atoms with Gasteiger partial charge in [0, 0.05) is 19.6 Å². The van der Waals surface area contributed by atoms with Crippen molar-refractivity contribution in [2.24, 2.45) is 5.73 Å². The molecule has 2 bridgehead atoms. The molecule has 3 fully saturated rings. The maximum absolute atomic E-state index is 12.1. The van der Waals surface area contributed by atoms with Gasteiger partial charge in [-0.2, -0.15) is 0 Å². The fraction of sp³-hybridized carbons (Fsp3) is 0.833. The highest BCUT2D eigenvalue weighted by molar-refractivity contribution is 5.89. The standard InChI is InChI=1S/C12H21N3O3/c1-12(2,3)18-11(17)15-8-6-9(15)10(16)14(7-8)5-4-13/h8-9H,4-7,13H2,1-3H3. The topological polar surface area (TPSA) is 75.9 Å². The van der Waals surface area contributed by atoms with E-state index < -0.39 is 5.60 Å². The van der Waals surface area contributed by atoms with Crippen LogP contribution in [-0.4, -0.2) is 59.1 Å². The number of piperidine rings is 1. The van der Waals surface area contributed by atoms with E-state index in [0.717, 1.165) is 6.42 Å². The summed E-state index contributed by atoms with van der Waals surface area (Å²) in [6.45, 7) is 7.06. The third-order valence-corrected chi connectivity index (χ3v) is 3.26. The lowest BCUT2D eigenvalue weighted by atomic mass is 9.87. The molecule has 2 amide bonds. The Hall–Kier alpha value is -1.30. The Morgan fingerprint density at radius 1 is 1.50 bits per heavy atom. The van der Waals surface area contributed by atoms with E-state index in [1.165, 1.54) is 0 Å². The molecule has 3 aliphatic heterocycles. The van der Waals surface area contributed by atoms with E-state index >= 15 is 0 Å². The fourth-order valence-corrected chi connectivity index (χ4v) is 2.49. The van der Waals surface area contributed by atoms with Crippen LogP contribution in [0.1, 0.15) is 27.2 Å². The summed E-state index contributed by atoms with van der Waals surface area (Å²) < 4.78 is 5.31. The monoisotopic (exact) mass is 255 g/mol. The number of carbonyl (C=O) groups excluding carboxylic acids is 2. The minimum Gasteiger partial charge on any atom is -0.444 e. The van der Waals surface area contributed by atoms with Gasteiger partial charge in [-0.3, -0.25) is 9.69 Å². The number of carbonyl (C=O) groups is 2. The van der Waals surface area contributed by atoms with Crippen molar-refractivity contribution in [1.82, 2.24) is 9.80 Å². The molecule has 3 saturated heterocycles. The van der Waals surface area contributed by atoms with Crippen LogP contribution in [0, 0.1) is 0 Å². The van der Waals surface area contributed by atoms with Gasteiger partial charge in [0.2, 0.25) is 5.91 Å². The van der Waals surface area contributed by atoms with Gasteiger partial charge in [0.15, 0.2) is 0 Å². The number of amides is 2. The molecule has 2 unspecified atom stereocenters. The number of hydrogen-bond acceptors (Lipinski definition) is 4.